The summed E-state index contributed by atoms with van der Waals surface area (Å²) in [6.07, 6.45) is 2.29. The number of rotatable bonds is 3. The van der Waals surface area contributed by atoms with E-state index in [2.05, 4.69) is 33.2 Å². The van der Waals surface area contributed by atoms with Crippen LogP contribution in [0.1, 0.15) is 18.4 Å². The van der Waals surface area contributed by atoms with Crippen molar-refractivity contribution < 1.29 is 4.39 Å². The second-order valence-corrected chi connectivity index (χ2v) is 5.55. The summed E-state index contributed by atoms with van der Waals surface area (Å²) in [5.41, 5.74) is 0.764. The molecule has 1 fully saturated rings. The molecule has 94 valence electrons. The van der Waals surface area contributed by atoms with Crippen LogP contribution in [0.15, 0.2) is 22.7 Å². The molecule has 1 aromatic rings. The summed E-state index contributed by atoms with van der Waals surface area (Å²) in [7, 11) is 2.08. The molecule has 1 saturated heterocycles. The van der Waals surface area contributed by atoms with Gasteiger partial charge in [0.15, 0.2) is 0 Å². The predicted molar refractivity (Wildman–Crippen MR) is 71.5 cm³/mol. The number of benzene rings is 1. The van der Waals surface area contributed by atoms with Crippen molar-refractivity contribution in [3.63, 3.8) is 0 Å². The Morgan fingerprint density at radius 2 is 2.12 bits per heavy atom. The lowest BCUT2D eigenvalue weighted by Crippen LogP contribution is -2.40. The molecule has 0 bridgehead atoms. The predicted octanol–water partition coefficient (Wildman–Crippen LogP) is 2.77. The summed E-state index contributed by atoms with van der Waals surface area (Å²) in [6.45, 7) is 2.81. The van der Waals surface area contributed by atoms with Crippen LogP contribution < -0.4 is 5.32 Å². The van der Waals surface area contributed by atoms with Gasteiger partial charge in [0.25, 0.3) is 0 Å². The van der Waals surface area contributed by atoms with E-state index < -0.39 is 0 Å². The van der Waals surface area contributed by atoms with Gasteiger partial charge < -0.3 is 5.32 Å². The Bertz CT molecular complexity index is 378. The van der Waals surface area contributed by atoms with Crippen molar-refractivity contribution >= 4 is 15.9 Å². The number of piperidine rings is 1. The van der Waals surface area contributed by atoms with Crippen LogP contribution >= 0.6 is 15.9 Å². The van der Waals surface area contributed by atoms with Gasteiger partial charge in [-0.15, -0.1) is 0 Å². The number of hydrogen-bond donors (Lipinski definition) is 1. The van der Waals surface area contributed by atoms with Crippen LogP contribution in [0.3, 0.4) is 0 Å². The maximum absolute atomic E-state index is 13.6. The van der Waals surface area contributed by atoms with Crippen LogP contribution in [0.5, 0.6) is 0 Å². The van der Waals surface area contributed by atoms with Gasteiger partial charge in [-0.05, 0) is 51.2 Å². The number of nitrogens with one attached hydrogen (secondary N) is 1. The summed E-state index contributed by atoms with van der Waals surface area (Å²) in [6, 6.07) is 5.70. The molecule has 4 heteroatoms. The maximum atomic E-state index is 13.6. The first-order valence-corrected chi connectivity index (χ1v) is 6.81. The fourth-order valence-electron chi connectivity index (χ4n) is 2.31. The Morgan fingerprint density at radius 3 is 2.82 bits per heavy atom. The Hall–Kier alpha value is -0.450. The summed E-state index contributed by atoms with van der Waals surface area (Å²) in [5, 5.41) is 3.35. The molecule has 0 aromatic heterocycles. The van der Waals surface area contributed by atoms with Gasteiger partial charge in [-0.25, -0.2) is 4.39 Å². The normalized spacial score (nSPS) is 17.6. The van der Waals surface area contributed by atoms with Gasteiger partial charge in [0.1, 0.15) is 5.82 Å². The van der Waals surface area contributed by atoms with E-state index in [4.69, 9.17) is 0 Å². The van der Waals surface area contributed by atoms with Crippen molar-refractivity contribution in [3.8, 4) is 0 Å². The highest BCUT2D eigenvalue weighted by molar-refractivity contribution is 9.10. The average Bonchev–Trinajstić information content (AvgIpc) is 2.35. The molecule has 2 nitrogen and oxygen atoms in total. The highest BCUT2D eigenvalue weighted by Crippen LogP contribution is 2.19. The van der Waals surface area contributed by atoms with Crippen LogP contribution in [0, 0.1) is 5.82 Å². The van der Waals surface area contributed by atoms with Crippen LogP contribution in [0.25, 0.3) is 0 Å². The van der Waals surface area contributed by atoms with E-state index in [-0.39, 0.29) is 5.82 Å². The lowest BCUT2D eigenvalue weighted by molar-refractivity contribution is 0.190. The van der Waals surface area contributed by atoms with Crippen LogP contribution in [0.2, 0.25) is 0 Å². The Morgan fingerprint density at radius 1 is 1.41 bits per heavy atom. The number of halogens is 2. The third-order valence-electron chi connectivity index (χ3n) is 3.36. The summed E-state index contributed by atoms with van der Waals surface area (Å²) < 4.78 is 14.6. The monoisotopic (exact) mass is 300 g/mol. The third-order valence-corrected chi connectivity index (χ3v) is 3.85. The minimum Gasteiger partial charge on any atom is -0.317 e. The number of nitrogens with zero attached hydrogens (tertiary/aromatic N) is 1. The minimum absolute atomic E-state index is 0.117. The van der Waals surface area contributed by atoms with Crippen molar-refractivity contribution in [1.29, 1.82) is 0 Å². The highest BCUT2D eigenvalue weighted by atomic mass is 79.9. The molecule has 0 atom stereocenters. The standard InChI is InChI=1S/C13H18BrFN2/c1-17(12-4-6-16-7-5-12)9-10-8-11(14)2-3-13(10)15/h2-3,8,12,16H,4-7,9H2,1H3. The molecule has 1 aromatic carbocycles. The molecule has 1 N–H and O–H groups in total. The van der Waals surface area contributed by atoms with Crippen molar-refractivity contribution in [2.24, 2.45) is 0 Å². The molecular weight excluding hydrogens is 283 g/mol. The molecule has 0 saturated carbocycles. The molecule has 0 amide bonds. The molecule has 0 radical (unpaired) electrons. The Balaban J connectivity index is 2.01. The fourth-order valence-corrected chi connectivity index (χ4v) is 2.72. The first-order valence-electron chi connectivity index (χ1n) is 6.01. The number of hydrogen-bond acceptors (Lipinski definition) is 2. The zero-order valence-electron chi connectivity index (χ0n) is 10.0. The van der Waals surface area contributed by atoms with Crippen LogP contribution in [0.4, 0.5) is 4.39 Å². The maximum Gasteiger partial charge on any atom is 0.127 e. The highest BCUT2D eigenvalue weighted by Gasteiger charge is 2.18. The van der Waals surface area contributed by atoms with E-state index in [1.807, 2.05) is 6.07 Å². The Labute approximate surface area is 110 Å². The van der Waals surface area contributed by atoms with E-state index >= 15 is 0 Å². The molecule has 1 aliphatic heterocycles. The first kappa shape index (κ1) is 13.0. The molecule has 0 aliphatic carbocycles. The largest absolute Gasteiger partial charge is 0.317 e. The summed E-state index contributed by atoms with van der Waals surface area (Å²) in [5.74, 6) is -0.117. The van der Waals surface area contributed by atoms with Gasteiger partial charge in [-0.1, -0.05) is 15.9 Å². The topological polar surface area (TPSA) is 15.3 Å². The first-order chi connectivity index (χ1) is 8.16. The molecule has 1 aliphatic rings. The molecule has 0 spiro atoms. The summed E-state index contributed by atoms with van der Waals surface area (Å²) >= 11 is 3.39. The molecule has 2 rings (SSSR count). The van der Waals surface area contributed by atoms with Crippen LogP contribution in [-0.4, -0.2) is 31.1 Å². The van der Waals surface area contributed by atoms with Gasteiger partial charge >= 0.3 is 0 Å². The van der Waals surface area contributed by atoms with Crippen molar-refractivity contribution in [3.05, 3.63) is 34.1 Å². The fraction of sp³-hybridized carbons (Fsp3) is 0.538. The average molecular weight is 301 g/mol. The van der Waals surface area contributed by atoms with E-state index in [1.165, 1.54) is 6.07 Å². The van der Waals surface area contributed by atoms with Crippen LogP contribution in [-0.2, 0) is 6.54 Å². The Kier molecular flexibility index (Phi) is 4.54. The van der Waals surface area contributed by atoms with E-state index in [1.54, 1.807) is 6.07 Å². The smallest absolute Gasteiger partial charge is 0.127 e. The van der Waals surface area contributed by atoms with Crippen molar-refractivity contribution in [2.45, 2.75) is 25.4 Å². The third kappa shape index (κ3) is 3.50. The molecule has 17 heavy (non-hydrogen) atoms. The molecule has 1 heterocycles. The lowest BCUT2D eigenvalue weighted by atomic mass is 10.0. The SMILES string of the molecule is CN(Cc1cc(Br)ccc1F)C1CCNCC1. The second kappa shape index (κ2) is 5.94. The van der Waals surface area contributed by atoms with E-state index in [0.29, 0.717) is 12.6 Å². The zero-order chi connectivity index (χ0) is 12.3. The lowest BCUT2D eigenvalue weighted by Gasteiger charge is -2.31. The van der Waals surface area contributed by atoms with Crippen molar-refractivity contribution in [1.82, 2.24) is 10.2 Å². The second-order valence-electron chi connectivity index (χ2n) is 4.63. The van der Waals surface area contributed by atoms with E-state index in [0.717, 1.165) is 36.0 Å². The molecular formula is C13H18BrFN2. The summed E-state index contributed by atoms with van der Waals surface area (Å²) in [4.78, 5) is 2.26. The van der Waals surface area contributed by atoms with Gasteiger partial charge in [0.05, 0.1) is 0 Å². The van der Waals surface area contributed by atoms with E-state index in [9.17, 15) is 4.39 Å². The van der Waals surface area contributed by atoms with Gasteiger partial charge in [-0.3, -0.25) is 4.90 Å². The quantitative estimate of drug-likeness (QED) is 0.923. The van der Waals surface area contributed by atoms with Gasteiger partial charge in [-0.2, -0.15) is 0 Å². The van der Waals surface area contributed by atoms with Crippen molar-refractivity contribution in [2.75, 3.05) is 20.1 Å². The minimum atomic E-state index is -0.117. The zero-order valence-corrected chi connectivity index (χ0v) is 11.6. The molecule has 0 unspecified atom stereocenters. The van der Waals surface area contributed by atoms with Gasteiger partial charge in [0, 0.05) is 22.6 Å². The van der Waals surface area contributed by atoms with Gasteiger partial charge in [0.2, 0.25) is 0 Å².